The molecule has 9 heteroatoms. The number of pyridine rings is 1. The third-order valence-electron chi connectivity index (χ3n) is 4.20. The first-order valence-corrected chi connectivity index (χ1v) is 8.74. The lowest BCUT2D eigenvalue weighted by Crippen LogP contribution is -2.26. The smallest absolute Gasteiger partial charge is 0.263 e. The van der Waals surface area contributed by atoms with Gasteiger partial charge in [-0.1, -0.05) is 0 Å². The summed E-state index contributed by atoms with van der Waals surface area (Å²) >= 11 is 0. The van der Waals surface area contributed by atoms with Crippen molar-refractivity contribution in [3.63, 3.8) is 0 Å². The summed E-state index contributed by atoms with van der Waals surface area (Å²) in [4.78, 5) is 36.8. The number of nitrogens with one attached hydrogen (secondary N) is 2. The average molecular weight is 387 g/mol. The lowest BCUT2D eigenvalue weighted by atomic mass is 10.2. The molecule has 3 heterocycles. The topological polar surface area (TPSA) is 107 Å². The zero-order chi connectivity index (χ0) is 20.2. The zero-order valence-electron chi connectivity index (χ0n) is 15.5. The Kier molecular flexibility index (Phi) is 4.85. The highest BCUT2D eigenvalue weighted by atomic mass is 16.2. The van der Waals surface area contributed by atoms with E-state index >= 15 is 0 Å². The molecule has 2 N–H and O–H groups in total. The van der Waals surface area contributed by atoms with Crippen LogP contribution in [0.15, 0.2) is 78.5 Å². The van der Waals surface area contributed by atoms with Crippen molar-refractivity contribution < 1.29 is 4.79 Å². The van der Waals surface area contributed by atoms with Crippen molar-refractivity contribution in [1.29, 1.82) is 0 Å². The molecule has 0 spiro atoms. The molecule has 4 aromatic rings. The van der Waals surface area contributed by atoms with Gasteiger partial charge < -0.3 is 15.2 Å². The Labute approximate surface area is 165 Å². The molecular formula is C20H17N7O2. The van der Waals surface area contributed by atoms with Crippen molar-refractivity contribution in [2.45, 2.75) is 0 Å². The van der Waals surface area contributed by atoms with E-state index in [0.717, 1.165) is 5.69 Å². The van der Waals surface area contributed by atoms with Gasteiger partial charge in [-0.2, -0.15) is 0 Å². The van der Waals surface area contributed by atoms with E-state index in [1.165, 1.54) is 17.0 Å². The summed E-state index contributed by atoms with van der Waals surface area (Å²) in [5.74, 6) is 0.856. The maximum Gasteiger partial charge on any atom is 0.263 e. The second-order valence-corrected chi connectivity index (χ2v) is 6.23. The van der Waals surface area contributed by atoms with Crippen LogP contribution in [0.5, 0.6) is 0 Å². The van der Waals surface area contributed by atoms with E-state index in [2.05, 4.69) is 25.6 Å². The molecule has 0 saturated carbocycles. The fourth-order valence-electron chi connectivity index (χ4n) is 2.70. The van der Waals surface area contributed by atoms with Crippen molar-refractivity contribution in [3.05, 3.63) is 89.6 Å². The van der Waals surface area contributed by atoms with Crippen molar-refractivity contribution in [2.75, 3.05) is 10.6 Å². The summed E-state index contributed by atoms with van der Waals surface area (Å²) in [6.45, 7) is 0. The number of imidazole rings is 1. The van der Waals surface area contributed by atoms with Crippen LogP contribution < -0.4 is 16.2 Å². The first-order valence-electron chi connectivity index (χ1n) is 8.74. The Hall–Kier alpha value is -4.27. The number of amides is 1. The van der Waals surface area contributed by atoms with Crippen molar-refractivity contribution in [3.8, 4) is 5.82 Å². The molecule has 0 aliphatic heterocycles. The Balaban J connectivity index is 1.46. The lowest BCUT2D eigenvalue weighted by Gasteiger charge is -2.09. The van der Waals surface area contributed by atoms with Crippen LogP contribution in [0, 0.1) is 0 Å². The minimum absolute atomic E-state index is 0.0882. The molecule has 9 nitrogen and oxygen atoms in total. The van der Waals surface area contributed by atoms with Crippen LogP contribution >= 0.6 is 0 Å². The van der Waals surface area contributed by atoms with Gasteiger partial charge in [-0.05, 0) is 36.4 Å². The van der Waals surface area contributed by atoms with Crippen molar-refractivity contribution in [1.82, 2.24) is 24.1 Å². The maximum atomic E-state index is 12.3. The third kappa shape index (κ3) is 4.03. The number of aromatic nitrogens is 5. The Morgan fingerprint density at radius 3 is 2.59 bits per heavy atom. The number of hydrogen-bond acceptors (Lipinski definition) is 6. The Bertz CT molecular complexity index is 1200. The fourth-order valence-corrected chi connectivity index (χ4v) is 2.70. The van der Waals surface area contributed by atoms with Crippen LogP contribution in [0.1, 0.15) is 10.4 Å². The molecule has 1 aromatic carbocycles. The predicted molar refractivity (Wildman–Crippen MR) is 109 cm³/mol. The van der Waals surface area contributed by atoms with Gasteiger partial charge in [0.05, 0.1) is 0 Å². The summed E-state index contributed by atoms with van der Waals surface area (Å²) in [7, 11) is 1.60. The molecule has 0 fully saturated rings. The van der Waals surface area contributed by atoms with Gasteiger partial charge in [0.25, 0.3) is 11.5 Å². The number of carbonyl (C=O) groups excluding carboxylic acids is 1. The SMILES string of the molecule is Cn1cccc(C(=O)Nc2ccc(Nc3cc(-n4ccnc4)ncn3)cc2)c1=O. The summed E-state index contributed by atoms with van der Waals surface area (Å²) in [6, 6.07) is 12.0. The number of nitrogens with zero attached hydrogens (tertiary/aromatic N) is 5. The van der Waals surface area contributed by atoms with E-state index in [9.17, 15) is 9.59 Å². The predicted octanol–water partition coefficient (Wildman–Crippen LogP) is 2.36. The molecule has 0 unspecified atom stereocenters. The molecule has 1 amide bonds. The monoisotopic (exact) mass is 387 g/mol. The summed E-state index contributed by atoms with van der Waals surface area (Å²) in [6.07, 6.45) is 8.19. The van der Waals surface area contributed by atoms with E-state index in [1.807, 2.05) is 0 Å². The Morgan fingerprint density at radius 2 is 1.83 bits per heavy atom. The van der Waals surface area contributed by atoms with Gasteiger partial charge in [-0.15, -0.1) is 0 Å². The van der Waals surface area contributed by atoms with E-state index < -0.39 is 5.91 Å². The van der Waals surface area contributed by atoms with Crippen LogP contribution in [-0.4, -0.2) is 30.0 Å². The molecule has 0 saturated heterocycles. The van der Waals surface area contributed by atoms with Crippen molar-refractivity contribution in [2.24, 2.45) is 7.05 Å². The van der Waals surface area contributed by atoms with Gasteiger partial charge in [0, 0.05) is 43.1 Å². The molecule has 0 bridgehead atoms. The Morgan fingerprint density at radius 1 is 1.03 bits per heavy atom. The number of rotatable bonds is 5. The minimum atomic E-state index is -0.451. The quantitative estimate of drug-likeness (QED) is 0.544. The van der Waals surface area contributed by atoms with E-state index in [1.54, 1.807) is 72.9 Å². The van der Waals surface area contributed by atoms with E-state index in [4.69, 9.17) is 0 Å². The summed E-state index contributed by atoms with van der Waals surface area (Å²) in [5.41, 5.74) is 1.10. The van der Waals surface area contributed by atoms with Gasteiger partial charge in [-0.3, -0.25) is 14.2 Å². The van der Waals surface area contributed by atoms with Crippen LogP contribution in [0.25, 0.3) is 5.82 Å². The average Bonchev–Trinajstić information content (AvgIpc) is 3.27. The molecule has 3 aromatic heterocycles. The molecule has 4 rings (SSSR count). The highest BCUT2D eigenvalue weighted by molar-refractivity contribution is 6.04. The fraction of sp³-hybridized carbons (Fsp3) is 0.0500. The summed E-state index contributed by atoms with van der Waals surface area (Å²) in [5, 5.41) is 5.91. The number of aryl methyl sites for hydroxylation is 1. The highest BCUT2D eigenvalue weighted by Gasteiger charge is 2.11. The summed E-state index contributed by atoms with van der Waals surface area (Å²) < 4.78 is 3.14. The van der Waals surface area contributed by atoms with Crippen LogP contribution in [-0.2, 0) is 7.05 Å². The van der Waals surface area contributed by atoms with Crippen LogP contribution in [0.2, 0.25) is 0 Å². The third-order valence-corrected chi connectivity index (χ3v) is 4.20. The number of benzene rings is 1. The molecule has 0 radical (unpaired) electrons. The first-order chi connectivity index (χ1) is 14.1. The van der Waals surface area contributed by atoms with Gasteiger partial charge >= 0.3 is 0 Å². The largest absolute Gasteiger partial charge is 0.340 e. The number of anilines is 3. The molecule has 144 valence electrons. The van der Waals surface area contributed by atoms with Crippen molar-refractivity contribution >= 4 is 23.1 Å². The molecular weight excluding hydrogens is 370 g/mol. The molecule has 0 aliphatic rings. The zero-order valence-corrected chi connectivity index (χ0v) is 15.5. The van der Waals surface area contributed by atoms with E-state index in [0.29, 0.717) is 17.3 Å². The van der Waals surface area contributed by atoms with Gasteiger partial charge in [-0.25, -0.2) is 15.0 Å². The normalized spacial score (nSPS) is 10.5. The minimum Gasteiger partial charge on any atom is -0.340 e. The second kappa shape index (κ2) is 7.77. The van der Waals surface area contributed by atoms with Gasteiger partial charge in [0.15, 0.2) is 0 Å². The van der Waals surface area contributed by atoms with Gasteiger partial charge in [0.1, 0.15) is 29.9 Å². The van der Waals surface area contributed by atoms with Crippen LogP contribution in [0.3, 0.4) is 0 Å². The number of carbonyl (C=O) groups is 1. The standard InChI is InChI=1S/C20H17N7O2/c1-26-9-2-3-16(20(26)29)19(28)25-15-6-4-14(5-7-15)24-17-11-18(23-12-22-17)27-10-8-21-13-27/h2-13H,1H3,(H,25,28)(H,22,23,24). The van der Waals surface area contributed by atoms with Crippen LogP contribution in [0.4, 0.5) is 17.2 Å². The lowest BCUT2D eigenvalue weighted by molar-refractivity contribution is 0.102. The molecule has 0 aliphatic carbocycles. The van der Waals surface area contributed by atoms with Gasteiger partial charge in [0.2, 0.25) is 0 Å². The second-order valence-electron chi connectivity index (χ2n) is 6.23. The highest BCUT2D eigenvalue weighted by Crippen LogP contribution is 2.19. The molecule has 29 heavy (non-hydrogen) atoms. The number of hydrogen-bond donors (Lipinski definition) is 2. The molecule has 0 atom stereocenters. The maximum absolute atomic E-state index is 12.3. The first kappa shape index (κ1) is 18.1. The van der Waals surface area contributed by atoms with E-state index in [-0.39, 0.29) is 11.1 Å².